The summed E-state index contributed by atoms with van der Waals surface area (Å²) in [6.45, 7) is 5.66. The van der Waals surface area contributed by atoms with Gasteiger partial charge in [0.2, 0.25) is 0 Å². The van der Waals surface area contributed by atoms with Crippen molar-refractivity contribution in [1.29, 1.82) is 0 Å². The van der Waals surface area contributed by atoms with Crippen molar-refractivity contribution in [3.63, 3.8) is 0 Å². The Bertz CT molecular complexity index is 535. The average molecular weight is 302 g/mol. The third kappa shape index (κ3) is 4.30. The van der Waals surface area contributed by atoms with Crippen LogP contribution in [0.2, 0.25) is 0 Å². The maximum absolute atomic E-state index is 5.87. The average Bonchev–Trinajstić information content (AvgIpc) is 3.07. The third-order valence-corrected chi connectivity index (χ3v) is 4.43. The predicted molar refractivity (Wildman–Crippen MR) is 86.0 cm³/mol. The monoisotopic (exact) mass is 302 g/mol. The van der Waals surface area contributed by atoms with E-state index in [9.17, 15) is 0 Å². The van der Waals surface area contributed by atoms with Crippen LogP contribution in [0.5, 0.6) is 5.75 Å². The highest BCUT2D eigenvalue weighted by Crippen LogP contribution is 2.27. The van der Waals surface area contributed by atoms with Crippen LogP contribution in [0.3, 0.4) is 0 Å². The van der Waals surface area contributed by atoms with E-state index in [1.54, 1.807) is 11.3 Å². The molecule has 2 heterocycles. The number of hydrogen-bond acceptors (Lipinski definition) is 4. The molecule has 0 atom stereocenters. The summed E-state index contributed by atoms with van der Waals surface area (Å²) in [6, 6.07) is 12.3. The zero-order chi connectivity index (χ0) is 14.3. The molecule has 0 spiro atoms. The Morgan fingerprint density at radius 3 is 2.95 bits per heavy atom. The molecule has 2 aromatic rings. The zero-order valence-electron chi connectivity index (χ0n) is 12.1. The highest BCUT2D eigenvalue weighted by molar-refractivity contribution is 7.13. The van der Waals surface area contributed by atoms with Crippen LogP contribution in [0, 0.1) is 5.38 Å². The standard InChI is InChI=1S/C17H20NO2S/c1-4-15(17-6-2-13-21-17)14-16(5-1)20-10-3-7-18-8-11-19-12-9-18/h1-2,4-6,14H,3,7-12H2. The minimum Gasteiger partial charge on any atom is -0.494 e. The SMILES string of the molecule is [c]1ccc(-c2cccc(OCCCN3CCOCC3)c2)s1. The first-order valence-electron chi connectivity index (χ1n) is 7.41. The molecule has 1 aliphatic rings. The number of thiophene rings is 1. The van der Waals surface area contributed by atoms with Crippen molar-refractivity contribution < 1.29 is 9.47 Å². The second kappa shape index (κ2) is 7.59. The zero-order valence-corrected chi connectivity index (χ0v) is 12.9. The number of ether oxygens (including phenoxy) is 2. The smallest absolute Gasteiger partial charge is 0.119 e. The molecule has 1 fully saturated rings. The fraction of sp³-hybridized carbons (Fsp3) is 0.412. The van der Waals surface area contributed by atoms with E-state index in [-0.39, 0.29) is 0 Å². The van der Waals surface area contributed by atoms with E-state index in [0.717, 1.165) is 51.6 Å². The molecule has 0 saturated carbocycles. The largest absolute Gasteiger partial charge is 0.494 e. The number of rotatable bonds is 6. The van der Waals surface area contributed by atoms with Gasteiger partial charge in [0, 0.05) is 29.9 Å². The van der Waals surface area contributed by atoms with Crippen LogP contribution in [-0.4, -0.2) is 44.4 Å². The quantitative estimate of drug-likeness (QED) is 0.764. The summed E-state index contributed by atoms with van der Waals surface area (Å²) in [7, 11) is 0. The van der Waals surface area contributed by atoms with Crippen molar-refractivity contribution in [2.45, 2.75) is 6.42 Å². The van der Waals surface area contributed by atoms with E-state index in [0.29, 0.717) is 0 Å². The van der Waals surface area contributed by atoms with Crippen molar-refractivity contribution in [3.05, 3.63) is 41.8 Å². The van der Waals surface area contributed by atoms with Gasteiger partial charge in [-0.05, 0) is 36.2 Å². The first kappa shape index (κ1) is 14.6. The Balaban J connectivity index is 1.46. The molecule has 1 radical (unpaired) electrons. The minimum atomic E-state index is 0.761. The Kier molecular flexibility index (Phi) is 5.27. The van der Waals surface area contributed by atoms with Crippen LogP contribution in [-0.2, 0) is 4.74 Å². The third-order valence-electron chi connectivity index (χ3n) is 3.58. The summed E-state index contributed by atoms with van der Waals surface area (Å²) >= 11 is 1.63. The fourth-order valence-corrected chi connectivity index (χ4v) is 3.08. The Morgan fingerprint density at radius 1 is 1.24 bits per heavy atom. The van der Waals surface area contributed by atoms with E-state index < -0.39 is 0 Å². The highest BCUT2D eigenvalue weighted by atomic mass is 32.1. The molecule has 0 N–H and O–H groups in total. The normalized spacial score (nSPS) is 16.0. The van der Waals surface area contributed by atoms with Crippen LogP contribution in [0.25, 0.3) is 10.4 Å². The van der Waals surface area contributed by atoms with Crippen LogP contribution in [0.1, 0.15) is 6.42 Å². The lowest BCUT2D eigenvalue weighted by atomic mass is 10.2. The van der Waals surface area contributed by atoms with E-state index in [2.05, 4.69) is 28.5 Å². The van der Waals surface area contributed by atoms with Gasteiger partial charge >= 0.3 is 0 Å². The molecule has 0 unspecified atom stereocenters. The van der Waals surface area contributed by atoms with Crippen LogP contribution < -0.4 is 4.74 Å². The molecule has 0 amide bonds. The molecular formula is C17H20NO2S. The Labute approximate surface area is 130 Å². The van der Waals surface area contributed by atoms with Gasteiger partial charge in [0.25, 0.3) is 0 Å². The summed E-state index contributed by atoms with van der Waals surface area (Å²) in [5.41, 5.74) is 1.20. The van der Waals surface area contributed by atoms with Gasteiger partial charge in [0.1, 0.15) is 5.75 Å². The molecule has 21 heavy (non-hydrogen) atoms. The predicted octanol–water partition coefficient (Wildman–Crippen LogP) is 3.32. The van der Waals surface area contributed by atoms with Crippen molar-refractivity contribution >= 4 is 11.3 Å². The number of morpholine rings is 1. The molecule has 3 rings (SSSR count). The van der Waals surface area contributed by atoms with Gasteiger partial charge in [-0.3, -0.25) is 4.90 Å². The number of nitrogens with zero attached hydrogens (tertiary/aromatic N) is 1. The van der Waals surface area contributed by atoms with E-state index in [4.69, 9.17) is 9.47 Å². The van der Waals surface area contributed by atoms with E-state index >= 15 is 0 Å². The van der Waals surface area contributed by atoms with Gasteiger partial charge < -0.3 is 9.47 Å². The van der Waals surface area contributed by atoms with Crippen molar-refractivity contribution in [2.24, 2.45) is 0 Å². The molecule has 3 nitrogen and oxygen atoms in total. The Hall–Kier alpha value is -1.36. The molecule has 1 aromatic carbocycles. The van der Waals surface area contributed by atoms with Gasteiger partial charge in [0.15, 0.2) is 0 Å². The molecule has 1 aromatic heterocycles. The topological polar surface area (TPSA) is 21.7 Å². The van der Waals surface area contributed by atoms with Crippen molar-refractivity contribution in [3.8, 4) is 16.2 Å². The maximum Gasteiger partial charge on any atom is 0.119 e. The van der Waals surface area contributed by atoms with Gasteiger partial charge in [0.05, 0.1) is 19.8 Å². The summed E-state index contributed by atoms with van der Waals surface area (Å²) in [5, 5.41) is 3.12. The summed E-state index contributed by atoms with van der Waals surface area (Å²) in [4.78, 5) is 3.67. The molecule has 1 aliphatic heterocycles. The van der Waals surface area contributed by atoms with Crippen molar-refractivity contribution in [1.82, 2.24) is 4.90 Å². The highest BCUT2D eigenvalue weighted by Gasteiger charge is 2.09. The molecule has 111 valence electrons. The summed E-state index contributed by atoms with van der Waals surface area (Å²) in [6.07, 6.45) is 1.05. The lowest BCUT2D eigenvalue weighted by molar-refractivity contribution is 0.0358. The van der Waals surface area contributed by atoms with Gasteiger partial charge in [-0.2, -0.15) is 0 Å². The van der Waals surface area contributed by atoms with Gasteiger partial charge in [-0.15, -0.1) is 11.3 Å². The lowest BCUT2D eigenvalue weighted by Gasteiger charge is -2.26. The molecule has 4 heteroatoms. The van der Waals surface area contributed by atoms with Gasteiger partial charge in [-0.1, -0.05) is 12.1 Å². The summed E-state index contributed by atoms with van der Waals surface area (Å²) in [5.74, 6) is 0.947. The second-order valence-corrected chi connectivity index (χ2v) is 5.98. The second-order valence-electron chi connectivity index (χ2n) is 5.10. The van der Waals surface area contributed by atoms with E-state index in [1.165, 1.54) is 10.4 Å². The van der Waals surface area contributed by atoms with Crippen molar-refractivity contribution in [2.75, 3.05) is 39.5 Å². The minimum absolute atomic E-state index is 0.761. The van der Waals surface area contributed by atoms with Crippen LogP contribution >= 0.6 is 11.3 Å². The molecule has 0 bridgehead atoms. The first-order chi connectivity index (χ1) is 10.4. The number of hydrogen-bond donors (Lipinski definition) is 0. The van der Waals surface area contributed by atoms with Crippen LogP contribution in [0.4, 0.5) is 0 Å². The Morgan fingerprint density at radius 2 is 2.14 bits per heavy atom. The summed E-state index contributed by atoms with van der Waals surface area (Å²) < 4.78 is 11.2. The lowest BCUT2D eigenvalue weighted by Crippen LogP contribution is -2.37. The molecule has 0 aliphatic carbocycles. The maximum atomic E-state index is 5.87. The van der Waals surface area contributed by atoms with E-state index in [1.807, 2.05) is 18.2 Å². The van der Waals surface area contributed by atoms with Crippen LogP contribution in [0.15, 0.2) is 36.4 Å². The number of benzene rings is 1. The molecular weight excluding hydrogens is 282 g/mol. The van der Waals surface area contributed by atoms with Gasteiger partial charge in [-0.25, -0.2) is 0 Å². The first-order valence-corrected chi connectivity index (χ1v) is 8.23. The fourth-order valence-electron chi connectivity index (χ4n) is 2.44. The molecule has 1 saturated heterocycles.